The van der Waals surface area contributed by atoms with Crippen LogP contribution >= 0.6 is 20.2 Å². The standard InChI is InChI=1S/C17H12FN4OPS/c18-11-5-9(19)1-2-13(11)23-14-3-4-20-12-6-15(25-16(12)14)17-21-7-10(8-24)22-17/h1-8,24H,19H2,(H,21,22). The first-order valence-electron chi connectivity index (χ1n) is 7.31. The molecule has 0 aliphatic heterocycles. The van der Waals surface area contributed by atoms with Gasteiger partial charge in [-0.05, 0) is 24.0 Å². The summed E-state index contributed by atoms with van der Waals surface area (Å²) in [7, 11) is 3.32. The molecule has 0 spiro atoms. The summed E-state index contributed by atoms with van der Waals surface area (Å²) in [6, 6.07) is 7.96. The molecule has 0 amide bonds. The quantitative estimate of drug-likeness (QED) is 0.410. The summed E-state index contributed by atoms with van der Waals surface area (Å²) in [5.74, 6) is 2.62. The van der Waals surface area contributed by atoms with Gasteiger partial charge in [0.15, 0.2) is 11.6 Å². The Kier molecular flexibility index (Phi) is 3.95. The molecule has 0 bridgehead atoms. The van der Waals surface area contributed by atoms with E-state index in [4.69, 9.17) is 10.5 Å². The zero-order valence-electron chi connectivity index (χ0n) is 12.8. The normalized spacial score (nSPS) is 10.9. The monoisotopic (exact) mass is 370 g/mol. The molecule has 5 nitrogen and oxygen atoms in total. The summed E-state index contributed by atoms with van der Waals surface area (Å²) in [6.45, 7) is 0. The molecule has 3 aromatic heterocycles. The number of imidazole rings is 1. The van der Waals surface area contributed by atoms with E-state index < -0.39 is 5.82 Å². The number of benzene rings is 1. The second-order valence-electron chi connectivity index (χ2n) is 5.26. The van der Waals surface area contributed by atoms with Crippen molar-refractivity contribution in [2.24, 2.45) is 0 Å². The first-order valence-corrected chi connectivity index (χ1v) is 8.71. The van der Waals surface area contributed by atoms with Gasteiger partial charge in [0.1, 0.15) is 11.6 Å². The molecule has 0 fully saturated rings. The Labute approximate surface area is 148 Å². The Morgan fingerprint density at radius 3 is 2.84 bits per heavy atom. The van der Waals surface area contributed by atoms with Gasteiger partial charge in [0, 0.05) is 24.0 Å². The molecule has 4 rings (SSSR count). The maximum Gasteiger partial charge on any atom is 0.167 e. The number of halogens is 1. The number of nitrogen functional groups attached to an aromatic ring is 1. The number of H-pyrrole nitrogens is 1. The maximum absolute atomic E-state index is 14.0. The molecule has 25 heavy (non-hydrogen) atoms. The first-order chi connectivity index (χ1) is 12.1. The zero-order valence-corrected chi connectivity index (χ0v) is 14.6. The highest BCUT2D eigenvalue weighted by Crippen LogP contribution is 2.38. The van der Waals surface area contributed by atoms with E-state index in [1.54, 1.807) is 30.3 Å². The summed E-state index contributed by atoms with van der Waals surface area (Å²) in [6.07, 6.45) is 3.35. The number of hydrogen-bond acceptors (Lipinski definition) is 5. The van der Waals surface area contributed by atoms with Crippen LogP contribution in [-0.2, 0) is 0 Å². The molecule has 0 unspecified atom stereocenters. The van der Waals surface area contributed by atoms with E-state index in [-0.39, 0.29) is 5.75 Å². The van der Waals surface area contributed by atoms with Crippen molar-refractivity contribution in [1.29, 1.82) is 0 Å². The van der Waals surface area contributed by atoms with Crippen LogP contribution in [0.5, 0.6) is 11.5 Å². The SMILES string of the molecule is Nc1ccc(Oc2ccnc3cc(-c4ncc(C=P)[nH]4)sc23)c(F)c1. The van der Waals surface area contributed by atoms with Crippen LogP contribution in [0.4, 0.5) is 10.1 Å². The minimum absolute atomic E-state index is 0.116. The van der Waals surface area contributed by atoms with E-state index >= 15 is 0 Å². The van der Waals surface area contributed by atoms with Gasteiger partial charge in [-0.25, -0.2) is 9.37 Å². The highest BCUT2D eigenvalue weighted by Gasteiger charge is 2.14. The lowest BCUT2D eigenvalue weighted by Gasteiger charge is -2.07. The number of ether oxygens (including phenoxy) is 1. The summed E-state index contributed by atoms with van der Waals surface area (Å²) in [5.41, 5.74) is 7.54. The lowest BCUT2D eigenvalue weighted by atomic mass is 10.3. The van der Waals surface area contributed by atoms with Gasteiger partial charge < -0.3 is 15.5 Å². The molecule has 0 radical (unpaired) electrons. The van der Waals surface area contributed by atoms with Crippen molar-refractivity contribution in [3.05, 3.63) is 54.2 Å². The van der Waals surface area contributed by atoms with Crippen molar-refractivity contribution < 1.29 is 9.13 Å². The molecule has 0 atom stereocenters. The van der Waals surface area contributed by atoms with E-state index in [1.165, 1.54) is 23.5 Å². The van der Waals surface area contributed by atoms with Crippen molar-refractivity contribution in [2.75, 3.05) is 5.73 Å². The molecule has 0 aliphatic rings. The fourth-order valence-electron chi connectivity index (χ4n) is 2.36. The first kappa shape index (κ1) is 15.7. The highest BCUT2D eigenvalue weighted by molar-refractivity contribution is 7.22. The van der Waals surface area contributed by atoms with Crippen molar-refractivity contribution >= 4 is 41.9 Å². The van der Waals surface area contributed by atoms with Gasteiger partial charge in [0.05, 0.1) is 27.0 Å². The number of thiophene rings is 1. The van der Waals surface area contributed by atoms with Gasteiger partial charge in [-0.1, -0.05) is 0 Å². The lowest BCUT2D eigenvalue weighted by molar-refractivity contribution is 0.447. The predicted molar refractivity (Wildman–Crippen MR) is 102 cm³/mol. The van der Waals surface area contributed by atoms with Gasteiger partial charge in [0.2, 0.25) is 0 Å². The topological polar surface area (TPSA) is 76.8 Å². The Hall–Kier alpha value is -2.76. The van der Waals surface area contributed by atoms with Crippen LogP contribution in [0, 0.1) is 5.82 Å². The number of nitrogens with two attached hydrogens (primary N) is 1. The summed E-state index contributed by atoms with van der Waals surface area (Å²) >= 11 is 1.47. The Morgan fingerprint density at radius 1 is 1.20 bits per heavy atom. The van der Waals surface area contributed by atoms with Crippen LogP contribution in [0.2, 0.25) is 0 Å². The average molecular weight is 370 g/mol. The van der Waals surface area contributed by atoms with Crippen molar-refractivity contribution in [1.82, 2.24) is 15.0 Å². The van der Waals surface area contributed by atoms with Gasteiger partial charge in [-0.2, -0.15) is 0 Å². The van der Waals surface area contributed by atoms with Crippen LogP contribution in [0.1, 0.15) is 5.69 Å². The fraction of sp³-hybridized carbons (Fsp3) is 0. The number of fused-ring (bicyclic) bond motifs is 1. The number of hydrogen-bond donors (Lipinski definition) is 2. The van der Waals surface area contributed by atoms with Crippen molar-refractivity contribution in [3.8, 4) is 22.2 Å². The summed E-state index contributed by atoms with van der Waals surface area (Å²) < 4.78 is 20.6. The summed E-state index contributed by atoms with van der Waals surface area (Å²) in [5, 5.41) is 0. The number of aromatic nitrogens is 3. The number of rotatable bonds is 4. The Bertz CT molecular complexity index is 1090. The van der Waals surface area contributed by atoms with Crippen LogP contribution in [-0.4, -0.2) is 20.7 Å². The number of pyridine rings is 1. The van der Waals surface area contributed by atoms with Gasteiger partial charge >= 0.3 is 0 Å². The Balaban J connectivity index is 1.75. The number of nitrogens with zero attached hydrogens (tertiary/aromatic N) is 2. The molecule has 3 N–H and O–H groups in total. The third-order valence-electron chi connectivity index (χ3n) is 3.54. The minimum Gasteiger partial charge on any atom is -0.453 e. The number of anilines is 1. The van der Waals surface area contributed by atoms with Crippen LogP contribution in [0.3, 0.4) is 0 Å². The predicted octanol–water partition coefficient (Wildman–Crippen LogP) is 4.49. The van der Waals surface area contributed by atoms with Crippen LogP contribution in [0.15, 0.2) is 42.7 Å². The average Bonchev–Trinajstić information content (AvgIpc) is 3.24. The van der Waals surface area contributed by atoms with Crippen LogP contribution in [0.25, 0.3) is 20.9 Å². The van der Waals surface area contributed by atoms with Gasteiger partial charge in [-0.15, -0.1) is 20.2 Å². The lowest BCUT2D eigenvalue weighted by Crippen LogP contribution is -1.91. The van der Waals surface area contributed by atoms with E-state index in [1.807, 2.05) is 6.07 Å². The molecule has 8 heteroatoms. The molecule has 0 saturated carbocycles. The van der Waals surface area contributed by atoms with Gasteiger partial charge in [-0.3, -0.25) is 4.98 Å². The fourth-order valence-corrected chi connectivity index (χ4v) is 3.53. The maximum atomic E-state index is 14.0. The zero-order chi connectivity index (χ0) is 17.4. The van der Waals surface area contributed by atoms with E-state index in [9.17, 15) is 4.39 Å². The van der Waals surface area contributed by atoms with Crippen molar-refractivity contribution in [3.63, 3.8) is 0 Å². The summed E-state index contributed by atoms with van der Waals surface area (Å²) in [4.78, 5) is 12.8. The van der Waals surface area contributed by atoms with E-state index in [0.29, 0.717) is 11.4 Å². The van der Waals surface area contributed by atoms with Crippen LogP contribution < -0.4 is 10.5 Å². The number of nitrogens with one attached hydrogen (secondary N) is 1. The van der Waals surface area contributed by atoms with Crippen molar-refractivity contribution in [2.45, 2.75) is 0 Å². The third kappa shape index (κ3) is 2.99. The minimum atomic E-state index is -0.509. The molecule has 0 saturated heterocycles. The molecular weight excluding hydrogens is 358 g/mol. The molecule has 0 aliphatic carbocycles. The number of aromatic amines is 1. The smallest absolute Gasteiger partial charge is 0.167 e. The molecule has 124 valence electrons. The van der Waals surface area contributed by atoms with E-state index in [2.05, 4.69) is 23.8 Å². The Morgan fingerprint density at radius 2 is 2.08 bits per heavy atom. The highest BCUT2D eigenvalue weighted by atomic mass is 32.1. The second kappa shape index (κ2) is 6.27. The largest absolute Gasteiger partial charge is 0.453 e. The van der Waals surface area contributed by atoms with Gasteiger partial charge in [0.25, 0.3) is 0 Å². The second-order valence-corrected chi connectivity index (χ2v) is 6.60. The molecule has 3 heterocycles. The molecule has 4 aromatic rings. The molecular formula is C17H12FN4OPS. The third-order valence-corrected chi connectivity index (χ3v) is 4.99. The molecule has 1 aromatic carbocycles. The van der Waals surface area contributed by atoms with E-state index in [0.717, 1.165) is 26.6 Å².